The molecule has 1 heterocycles. The van der Waals surface area contributed by atoms with Gasteiger partial charge in [0.1, 0.15) is 5.69 Å². The van der Waals surface area contributed by atoms with E-state index in [1.807, 2.05) is 48.5 Å². The van der Waals surface area contributed by atoms with Crippen molar-refractivity contribution in [2.45, 2.75) is 13.0 Å². The summed E-state index contributed by atoms with van der Waals surface area (Å²) in [6.45, 7) is 2.08. The van der Waals surface area contributed by atoms with Crippen LogP contribution in [0.15, 0.2) is 78.9 Å². The van der Waals surface area contributed by atoms with Crippen LogP contribution in [0.25, 0.3) is 22.3 Å². The third-order valence-electron chi connectivity index (χ3n) is 4.79. The van der Waals surface area contributed by atoms with Crippen LogP contribution in [-0.4, -0.2) is 23.0 Å². The molecule has 144 valence electrons. The van der Waals surface area contributed by atoms with Gasteiger partial charge in [0, 0.05) is 5.56 Å². The van der Waals surface area contributed by atoms with Gasteiger partial charge in [-0.1, -0.05) is 60.7 Å². The Bertz CT molecular complexity index is 1140. The Labute approximate surface area is 169 Å². The lowest BCUT2D eigenvalue weighted by atomic mass is 10.1. The molecule has 0 saturated heterocycles. The smallest absolute Gasteiger partial charge is 0.337 e. The van der Waals surface area contributed by atoms with E-state index < -0.39 is 5.97 Å². The number of hydrogen-bond donors (Lipinski definition) is 1. The van der Waals surface area contributed by atoms with Crippen molar-refractivity contribution in [3.8, 4) is 11.3 Å². The van der Waals surface area contributed by atoms with Crippen molar-refractivity contribution in [3.05, 3.63) is 90.0 Å². The third-order valence-corrected chi connectivity index (χ3v) is 4.79. The molecule has 0 amide bonds. The van der Waals surface area contributed by atoms with E-state index in [1.165, 1.54) is 7.11 Å². The molecule has 0 radical (unpaired) electrons. The third kappa shape index (κ3) is 3.94. The molecule has 0 fully saturated rings. The van der Waals surface area contributed by atoms with Crippen molar-refractivity contribution >= 4 is 22.8 Å². The van der Waals surface area contributed by atoms with Crippen LogP contribution in [0.2, 0.25) is 0 Å². The second-order valence-corrected chi connectivity index (χ2v) is 6.76. The Balaban J connectivity index is 1.82. The molecule has 5 nitrogen and oxygen atoms in total. The molecule has 29 heavy (non-hydrogen) atoms. The van der Waals surface area contributed by atoms with Crippen LogP contribution in [0.3, 0.4) is 0 Å². The van der Waals surface area contributed by atoms with Crippen molar-refractivity contribution in [3.63, 3.8) is 0 Å². The highest BCUT2D eigenvalue weighted by Crippen LogP contribution is 2.30. The highest BCUT2D eigenvalue weighted by molar-refractivity contribution is 5.94. The van der Waals surface area contributed by atoms with Gasteiger partial charge in [-0.15, -0.1) is 0 Å². The number of nitrogens with zero attached hydrogens (tertiary/aromatic N) is 2. The standard InChI is InChI=1S/C24H21N3O2/c1-16(17-9-5-3-6-10-17)25-23-22(18-11-7-4-8-12-18)26-20-14-13-19(24(28)29-2)15-21(20)27-23/h3-16H,1-2H3,(H,25,27). The minimum absolute atomic E-state index is 0.0363. The van der Waals surface area contributed by atoms with Gasteiger partial charge in [-0.2, -0.15) is 0 Å². The minimum Gasteiger partial charge on any atom is -0.465 e. The summed E-state index contributed by atoms with van der Waals surface area (Å²) in [5, 5.41) is 3.49. The van der Waals surface area contributed by atoms with Crippen LogP contribution in [-0.2, 0) is 4.74 Å². The maximum atomic E-state index is 11.9. The van der Waals surface area contributed by atoms with Gasteiger partial charge in [0.2, 0.25) is 0 Å². The Kier molecular flexibility index (Phi) is 5.20. The van der Waals surface area contributed by atoms with Crippen LogP contribution in [0.4, 0.5) is 5.82 Å². The number of hydrogen-bond acceptors (Lipinski definition) is 5. The number of carbonyl (C=O) groups is 1. The highest BCUT2D eigenvalue weighted by atomic mass is 16.5. The number of rotatable bonds is 5. The van der Waals surface area contributed by atoms with E-state index in [2.05, 4.69) is 24.4 Å². The predicted molar refractivity (Wildman–Crippen MR) is 115 cm³/mol. The Morgan fingerprint density at radius 2 is 1.59 bits per heavy atom. The summed E-state index contributed by atoms with van der Waals surface area (Å²) < 4.78 is 4.83. The van der Waals surface area contributed by atoms with Gasteiger partial charge in [0.05, 0.1) is 29.7 Å². The van der Waals surface area contributed by atoms with Gasteiger partial charge in [0.25, 0.3) is 0 Å². The minimum atomic E-state index is -0.395. The lowest BCUT2D eigenvalue weighted by molar-refractivity contribution is 0.0601. The maximum Gasteiger partial charge on any atom is 0.337 e. The van der Waals surface area contributed by atoms with Crippen LogP contribution >= 0.6 is 0 Å². The second-order valence-electron chi connectivity index (χ2n) is 6.76. The SMILES string of the molecule is COC(=O)c1ccc2nc(-c3ccccc3)c(NC(C)c3ccccc3)nc2c1. The monoisotopic (exact) mass is 383 g/mol. The molecule has 0 aliphatic rings. The Morgan fingerprint density at radius 3 is 2.28 bits per heavy atom. The predicted octanol–water partition coefficient (Wildman–Crippen LogP) is 5.26. The lowest BCUT2D eigenvalue weighted by Crippen LogP contribution is -2.10. The summed E-state index contributed by atoms with van der Waals surface area (Å²) in [7, 11) is 1.37. The first kappa shape index (κ1) is 18.6. The van der Waals surface area contributed by atoms with Crippen LogP contribution < -0.4 is 5.32 Å². The van der Waals surface area contributed by atoms with Crippen molar-refractivity contribution in [1.29, 1.82) is 0 Å². The van der Waals surface area contributed by atoms with E-state index in [0.717, 1.165) is 22.3 Å². The molecule has 1 aromatic heterocycles. The van der Waals surface area contributed by atoms with Crippen molar-refractivity contribution in [1.82, 2.24) is 9.97 Å². The number of anilines is 1. The van der Waals surface area contributed by atoms with E-state index in [9.17, 15) is 4.79 Å². The van der Waals surface area contributed by atoms with Gasteiger partial charge in [-0.3, -0.25) is 0 Å². The quantitative estimate of drug-likeness (QED) is 0.477. The topological polar surface area (TPSA) is 64.1 Å². The fourth-order valence-corrected chi connectivity index (χ4v) is 3.23. The summed E-state index contributed by atoms with van der Waals surface area (Å²) in [4.78, 5) is 21.6. The molecule has 1 atom stereocenters. The molecule has 0 aliphatic carbocycles. The fraction of sp³-hybridized carbons (Fsp3) is 0.125. The number of benzene rings is 3. The van der Waals surface area contributed by atoms with Crippen molar-refractivity contribution < 1.29 is 9.53 Å². The number of carbonyl (C=O) groups excluding carboxylic acids is 1. The summed E-state index contributed by atoms with van der Waals surface area (Å²) in [6, 6.07) is 25.4. The van der Waals surface area contributed by atoms with Gasteiger partial charge >= 0.3 is 5.97 Å². The second kappa shape index (κ2) is 8.10. The molecular weight excluding hydrogens is 362 g/mol. The number of esters is 1. The molecule has 0 saturated carbocycles. The highest BCUT2D eigenvalue weighted by Gasteiger charge is 2.15. The van der Waals surface area contributed by atoms with Gasteiger partial charge in [-0.05, 0) is 30.7 Å². The zero-order valence-electron chi connectivity index (χ0n) is 16.3. The van der Waals surface area contributed by atoms with Gasteiger partial charge in [0.15, 0.2) is 5.82 Å². The molecule has 1 N–H and O–H groups in total. The zero-order chi connectivity index (χ0) is 20.2. The average molecular weight is 383 g/mol. The van der Waals surface area contributed by atoms with E-state index in [4.69, 9.17) is 14.7 Å². The fourth-order valence-electron chi connectivity index (χ4n) is 3.23. The number of fused-ring (bicyclic) bond motifs is 1. The molecule has 4 aromatic rings. The van der Waals surface area contributed by atoms with Gasteiger partial charge in [-0.25, -0.2) is 14.8 Å². The van der Waals surface area contributed by atoms with Crippen molar-refractivity contribution in [2.24, 2.45) is 0 Å². The first-order chi connectivity index (χ1) is 14.2. The van der Waals surface area contributed by atoms with E-state index in [1.54, 1.807) is 18.2 Å². The average Bonchev–Trinajstić information content (AvgIpc) is 2.78. The van der Waals surface area contributed by atoms with E-state index in [-0.39, 0.29) is 6.04 Å². The van der Waals surface area contributed by atoms with Gasteiger partial charge < -0.3 is 10.1 Å². The first-order valence-corrected chi connectivity index (χ1v) is 9.43. The molecular formula is C24H21N3O2. The molecule has 3 aromatic carbocycles. The Hall–Kier alpha value is -3.73. The normalized spacial score (nSPS) is 11.8. The zero-order valence-corrected chi connectivity index (χ0v) is 16.3. The maximum absolute atomic E-state index is 11.9. The largest absolute Gasteiger partial charge is 0.465 e. The molecule has 4 rings (SSSR count). The molecule has 0 bridgehead atoms. The first-order valence-electron chi connectivity index (χ1n) is 9.43. The molecule has 0 aliphatic heterocycles. The van der Waals surface area contributed by atoms with Crippen LogP contribution in [0.1, 0.15) is 28.9 Å². The summed E-state index contributed by atoms with van der Waals surface area (Å²) in [5.41, 5.74) is 4.69. The van der Waals surface area contributed by atoms with Crippen LogP contribution in [0, 0.1) is 0 Å². The summed E-state index contributed by atoms with van der Waals surface area (Å²) in [6.07, 6.45) is 0. The molecule has 1 unspecified atom stereocenters. The summed E-state index contributed by atoms with van der Waals surface area (Å²) >= 11 is 0. The number of methoxy groups -OCH3 is 1. The van der Waals surface area contributed by atoms with Crippen molar-refractivity contribution in [2.75, 3.05) is 12.4 Å². The number of ether oxygens (including phenoxy) is 1. The van der Waals surface area contributed by atoms with Crippen LogP contribution in [0.5, 0.6) is 0 Å². The summed E-state index contributed by atoms with van der Waals surface area (Å²) in [5.74, 6) is 0.273. The molecule has 5 heteroatoms. The van der Waals surface area contributed by atoms with E-state index in [0.29, 0.717) is 16.9 Å². The Morgan fingerprint density at radius 1 is 0.897 bits per heavy atom. The molecule has 0 spiro atoms. The van der Waals surface area contributed by atoms with E-state index >= 15 is 0 Å². The lowest BCUT2D eigenvalue weighted by Gasteiger charge is -2.18. The number of nitrogens with one attached hydrogen (secondary N) is 1. The number of aromatic nitrogens is 2.